The summed E-state index contributed by atoms with van der Waals surface area (Å²) in [6.07, 6.45) is 0. The minimum Gasteiger partial charge on any atom is -0.484 e. The highest BCUT2D eigenvalue weighted by atomic mass is 16.5. The van der Waals surface area contributed by atoms with Gasteiger partial charge in [0.25, 0.3) is 5.91 Å². The second-order valence-electron chi connectivity index (χ2n) is 8.30. The van der Waals surface area contributed by atoms with Crippen LogP contribution < -0.4 is 10.1 Å². The van der Waals surface area contributed by atoms with Gasteiger partial charge in [0.15, 0.2) is 6.61 Å². The number of nitrogens with one attached hydrogen (secondary N) is 1. The van der Waals surface area contributed by atoms with E-state index in [1.165, 1.54) is 5.56 Å². The lowest BCUT2D eigenvalue weighted by Crippen LogP contribution is -2.49. The molecule has 0 spiro atoms. The number of aryl methyl sites for hydroxylation is 3. The summed E-state index contributed by atoms with van der Waals surface area (Å²) in [5, 5.41) is 2.93. The third kappa shape index (κ3) is 6.61. The Morgan fingerprint density at radius 2 is 1.67 bits per heavy atom. The fourth-order valence-corrected chi connectivity index (χ4v) is 3.04. The molecule has 0 saturated carbocycles. The Morgan fingerprint density at radius 3 is 2.30 bits per heavy atom. The lowest BCUT2D eigenvalue weighted by molar-refractivity contribution is -0.142. The highest BCUT2D eigenvalue weighted by molar-refractivity contribution is 5.88. The zero-order valence-electron chi connectivity index (χ0n) is 19.0. The summed E-state index contributed by atoms with van der Waals surface area (Å²) in [6.45, 7) is 12.7. The van der Waals surface area contributed by atoms with Crippen molar-refractivity contribution < 1.29 is 14.3 Å². The Morgan fingerprint density at radius 1 is 0.967 bits per heavy atom. The van der Waals surface area contributed by atoms with Crippen molar-refractivity contribution >= 4 is 11.8 Å². The van der Waals surface area contributed by atoms with Crippen molar-refractivity contribution in [2.45, 2.75) is 54.1 Å². The van der Waals surface area contributed by atoms with Crippen LogP contribution in [0.15, 0.2) is 42.5 Å². The molecule has 5 nitrogen and oxygen atoms in total. The first-order valence-electron chi connectivity index (χ1n) is 10.5. The highest BCUT2D eigenvalue weighted by Gasteiger charge is 2.27. The van der Waals surface area contributed by atoms with Crippen LogP contribution in [-0.2, 0) is 16.1 Å². The van der Waals surface area contributed by atoms with Crippen LogP contribution in [0.1, 0.15) is 43.0 Å². The van der Waals surface area contributed by atoms with Crippen molar-refractivity contribution in [2.24, 2.45) is 5.92 Å². The first-order chi connectivity index (χ1) is 14.2. The van der Waals surface area contributed by atoms with Crippen molar-refractivity contribution in [1.82, 2.24) is 10.2 Å². The zero-order chi connectivity index (χ0) is 22.3. The topological polar surface area (TPSA) is 58.6 Å². The van der Waals surface area contributed by atoms with Crippen LogP contribution in [0.2, 0.25) is 0 Å². The summed E-state index contributed by atoms with van der Waals surface area (Å²) in [5.41, 5.74) is 4.38. The monoisotopic (exact) mass is 410 g/mol. The van der Waals surface area contributed by atoms with E-state index in [0.717, 1.165) is 16.7 Å². The average Bonchev–Trinajstić information content (AvgIpc) is 2.71. The van der Waals surface area contributed by atoms with Gasteiger partial charge in [0.05, 0.1) is 0 Å². The lowest BCUT2D eigenvalue weighted by atomic mass is 10.1. The quantitative estimate of drug-likeness (QED) is 0.675. The van der Waals surface area contributed by atoms with Crippen LogP contribution in [-0.4, -0.2) is 35.9 Å². The number of benzene rings is 2. The third-order valence-electron chi connectivity index (χ3n) is 5.29. The number of hydrogen-bond acceptors (Lipinski definition) is 3. The smallest absolute Gasteiger partial charge is 0.261 e. The fraction of sp³-hybridized carbons (Fsp3) is 0.440. The van der Waals surface area contributed by atoms with Crippen molar-refractivity contribution in [3.05, 3.63) is 64.7 Å². The third-order valence-corrected chi connectivity index (χ3v) is 5.29. The molecule has 0 aliphatic rings. The normalized spacial score (nSPS) is 11.8. The number of nitrogens with zero attached hydrogens (tertiary/aromatic N) is 1. The van der Waals surface area contributed by atoms with Gasteiger partial charge >= 0.3 is 0 Å². The van der Waals surface area contributed by atoms with Crippen LogP contribution in [0.25, 0.3) is 0 Å². The molecule has 1 atom stereocenters. The van der Waals surface area contributed by atoms with E-state index >= 15 is 0 Å². The minimum absolute atomic E-state index is 0.115. The molecule has 0 aliphatic carbocycles. The van der Waals surface area contributed by atoms with E-state index in [1.54, 1.807) is 11.8 Å². The van der Waals surface area contributed by atoms with Gasteiger partial charge in [-0.15, -0.1) is 0 Å². The predicted octanol–water partition coefficient (Wildman–Crippen LogP) is 4.18. The first kappa shape index (κ1) is 23.5. The van der Waals surface area contributed by atoms with Gasteiger partial charge in [-0.05, 0) is 68.0 Å². The van der Waals surface area contributed by atoms with Gasteiger partial charge in [-0.2, -0.15) is 0 Å². The largest absolute Gasteiger partial charge is 0.484 e. The van der Waals surface area contributed by atoms with E-state index in [1.807, 2.05) is 77.1 Å². The van der Waals surface area contributed by atoms with Crippen LogP contribution in [0.3, 0.4) is 0 Å². The first-order valence-corrected chi connectivity index (χ1v) is 10.5. The molecule has 2 aromatic rings. The van der Waals surface area contributed by atoms with Gasteiger partial charge in [0.1, 0.15) is 11.8 Å². The molecule has 0 fully saturated rings. The lowest BCUT2D eigenvalue weighted by Gasteiger charge is -2.29. The van der Waals surface area contributed by atoms with Crippen LogP contribution in [0.4, 0.5) is 0 Å². The molecule has 0 unspecified atom stereocenters. The molecule has 0 saturated heterocycles. The Balaban J connectivity index is 2.16. The maximum absolute atomic E-state index is 13.1. The van der Waals surface area contributed by atoms with Crippen molar-refractivity contribution in [3.63, 3.8) is 0 Å². The maximum atomic E-state index is 13.1. The molecule has 2 rings (SSSR count). The summed E-state index contributed by atoms with van der Waals surface area (Å²) in [6, 6.07) is 13.1. The van der Waals surface area contributed by atoms with E-state index in [2.05, 4.69) is 5.32 Å². The number of ether oxygens (including phenoxy) is 1. The van der Waals surface area contributed by atoms with Gasteiger partial charge in [0.2, 0.25) is 5.91 Å². The summed E-state index contributed by atoms with van der Waals surface area (Å²) in [5.74, 6) is 0.620. The predicted molar refractivity (Wildman–Crippen MR) is 120 cm³/mol. The standard InChI is InChI=1S/C25H34N2O3/c1-17(2)14-26-25(29)21(6)27(15-22-10-8-7-9-19(22)4)24(28)16-30-23-12-11-18(3)20(5)13-23/h7-13,17,21H,14-16H2,1-6H3,(H,26,29)/t21-/m0/s1. The molecule has 2 aromatic carbocycles. The van der Waals surface area contributed by atoms with Crippen molar-refractivity contribution in [3.8, 4) is 5.75 Å². The van der Waals surface area contributed by atoms with Crippen LogP contribution >= 0.6 is 0 Å². The number of carbonyl (C=O) groups is 2. The number of amides is 2. The Kier molecular flexibility index (Phi) is 8.46. The molecule has 0 bridgehead atoms. The highest BCUT2D eigenvalue weighted by Crippen LogP contribution is 2.18. The molecule has 0 radical (unpaired) electrons. The second-order valence-corrected chi connectivity index (χ2v) is 8.30. The molecule has 30 heavy (non-hydrogen) atoms. The van der Waals surface area contributed by atoms with Gasteiger partial charge in [-0.1, -0.05) is 44.2 Å². The van der Waals surface area contributed by atoms with Gasteiger partial charge in [0, 0.05) is 13.1 Å². The van der Waals surface area contributed by atoms with Gasteiger partial charge < -0.3 is 15.0 Å². The number of carbonyl (C=O) groups excluding carboxylic acids is 2. The fourth-order valence-electron chi connectivity index (χ4n) is 3.04. The molecule has 0 heterocycles. The molecule has 1 N–H and O–H groups in total. The van der Waals surface area contributed by atoms with E-state index in [0.29, 0.717) is 24.8 Å². The Hall–Kier alpha value is -2.82. The second kappa shape index (κ2) is 10.8. The molecule has 0 aliphatic heterocycles. The summed E-state index contributed by atoms with van der Waals surface area (Å²) in [4.78, 5) is 27.4. The molecule has 2 amide bonds. The van der Waals surface area contributed by atoms with E-state index in [-0.39, 0.29) is 18.4 Å². The molecule has 5 heteroatoms. The molecule has 0 aromatic heterocycles. The van der Waals surface area contributed by atoms with E-state index in [4.69, 9.17) is 4.74 Å². The van der Waals surface area contributed by atoms with Crippen molar-refractivity contribution in [1.29, 1.82) is 0 Å². The average molecular weight is 411 g/mol. The summed E-state index contributed by atoms with van der Waals surface area (Å²) < 4.78 is 5.76. The van der Waals surface area contributed by atoms with Gasteiger partial charge in [-0.25, -0.2) is 0 Å². The molecular formula is C25H34N2O3. The Bertz CT molecular complexity index is 876. The van der Waals surface area contributed by atoms with Gasteiger partial charge in [-0.3, -0.25) is 9.59 Å². The Labute approximate surface area is 180 Å². The molecule has 162 valence electrons. The molecular weight excluding hydrogens is 376 g/mol. The SMILES string of the molecule is Cc1ccc(OCC(=O)N(Cc2ccccc2C)[C@@H](C)C(=O)NCC(C)C)cc1C. The van der Waals surface area contributed by atoms with E-state index < -0.39 is 6.04 Å². The van der Waals surface area contributed by atoms with Crippen LogP contribution in [0.5, 0.6) is 5.75 Å². The summed E-state index contributed by atoms with van der Waals surface area (Å²) >= 11 is 0. The maximum Gasteiger partial charge on any atom is 0.261 e. The zero-order valence-corrected chi connectivity index (χ0v) is 19.0. The minimum atomic E-state index is -0.598. The van der Waals surface area contributed by atoms with E-state index in [9.17, 15) is 9.59 Å². The van der Waals surface area contributed by atoms with Crippen LogP contribution in [0, 0.1) is 26.7 Å². The number of hydrogen-bond donors (Lipinski definition) is 1. The van der Waals surface area contributed by atoms with Crippen molar-refractivity contribution in [2.75, 3.05) is 13.2 Å². The summed E-state index contributed by atoms with van der Waals surface area (Å²) in [7, 11) is 0. The number of rotatable bonds is 9.